The van der Waals surface area contributed by atoms with E-state index >= 15 is 0 Å². The molecule has 0 spiro atoms. The lowest BCUT2D eigenvalue weighted by atomic mass is 10.1. The van der Waals surface area contributed by atoms with Crippen LogP contribution in [0.4, 0.5) is 4.39 Å². The number of Topliss-reactive ketones (excluding diaryl/α,β-unsaturated/α-hetero) is 1. The number of carbonyl (C=O) groups is 2. The monoisotopic (exact) mass is 218 g/mol. The van der Waals surface area contributed by atoms with Crippen LogP contribution in [0, 0.1) is 5.82 Å². The second-order valence-electron chi connectivity index (χ2n) is 2.82. The van der Waals surface area contributed by atoms with Crippen molar-refractivity contribution in [3.63, 3.8) is 0 Å². The molecule has 1 aromatic rings. The highest BCUT2D eigenvalue weighted by Crippen LogP contribution is 2.04. The molecule has 0 aliphatic rings. The molecule has 0 aromatic heterocycles. The van der Waals surface area contributed by atoms with Gasteiger partial charge in [0.05, 0.1) is 0 Å². The zero-order valence-corrected chi connectivity index (χ0v) is 8.13. The number of carbonyl (C=O) groups excluding carboxylic acids is 2. The Morgan fingerprint density at radius 1 is 1.31 bits per heavy atom. The Kier molecular flexibility index (Phi) is 4.00. The summed E-state index contributed by atoms with van der Waals surface area (Å²) in [4.78, 5) is 24.4. The summed E-state index contributed by atoms with van der Waals surface area (Å²) in [5, 5.41) is 0. The number of allylic oxidation sites excluding steroid dienone is 2. The van der Waals surface area contributed by atoms with Crippen LogP contribution in [0.5, 0.6) is 0 Å². The largest absolute Gasteiger partial charge is 0.362 e. The van der Waals surface area contributed by atoms with Gasteiger partial charge >= 0.3 is 5.71 Å². The molecule has 0 amide bonds. The quantitative estimate of drug-likeness (QED) is 0.191. The van der Waals surface area contributed by atoms with Crippen LogP contribution in [-0.4, -0.2) is 22.6 Å². The Balaban J connectivity index is 3.01. The van der Waals surface area contributed by atoms with Gasteiger partial charge in [-0.2, -0.15) is 4.79 Å². The van der Waals surface area contributed by atoms with Crippen molar-refractivity contribution >= 4 is 17.8 Å². The van der Waals surface area contributed by atoms with Crippen molar-refractivity contribution < 1.29 is 18.8 Å². The lowest BCUT2D eigenvalue weighted by molar-refractivity contribution is -0.104. The van der Waals surface area contributed by atoms with E-state index in [1.54, 1.807) is 0 Å². The van der Waals surface area contributed by atoms with Crippen molar-refractivity contribution in [2.45, 2.75) is 0 Å². The average Bonchev–Trinajstić information content (AvgIpc) is 2.30. The fourth-order valence-electron chi connectivity index (χ4n) is 1.03. The fourth-order valence-corrected chi connectivity index (χ4v) is 1.03. The number of halogens is 1. The first kappa shape index (κ1) is 11.7. The zero-order valence-electron chi connectivity index (χ0n) is 8.13. The molecule has 0 bridgehead atoms. The molecule has 0 heterocycles. The lowest BCUT2D eigenvalue weighted by Gasteiger charge is -1.93. The standard InChI is InChI=1S/C11H7FN2O2/c12-9-5-3-8(4-6-9)11(16)10(14-13)2-1-7-15/h1-7H/b2-1+. The summed E-state index contributed by atoms with van der Waals surface area (Å²) in [6, 6.07) is 4.76. The maximum Gasteiger partial charge on any atom is 0.362 e. The van der Waals surface area contributed by atoms with Crippen LogP contribution in [0.3, 0.4) is 0 Å². The van der Waals surface area contributed by atoms with Crippen LogP contribution < -0.4 is 0 Å². The minimum Gasteiger partial charge on any atom is -0.361 e. The number of benzene rings is 1. The number of nitrogens with zero attached hydrogens (tertiary/aromatic N) is 2. The molecule has 0 aliphatic carbocycles. The number of hydrogen-bond donors (Lipinski definition) is 0. The van der Waals surface area contributed by atoms with Crippen LogP contribution in [-0.2, 0) is 4.79 Å². The normalized spacial score (nSPS) is 9.81. The van der Waals surface area contributed by atoms with E-state index in [1.165, 1.54) is 12.1 Å². The van der Waals surface area contributed by atoms with Gasteiger partial charge in [0.1, 0.15) is 12.1 Å². The first-order valence-electron chi connectivity index (χ1n) is 4.33. The van der Waals surface area contributed by atoms with E-state index in [1.807, 2.05) is 0 Å². The topological polar surface area (TPSA) is 70.5 Å². The molecule has 1 rings (SSSR count). The fraction of sp³-hybridized carbons (Fsp3) is 0. The highest BCUT2D eigenvalue weighted by Gasteiger charge is 2.18. The average molecular weight is 218 g/mol. The Morgan fingerprint density at radius 3 is 2.44 bits per heavy atom. The number of ketones is 1. The van der Waals surface area contributed by atoms with Gasteiger partial charge in [0, 0.05) is 11.6 Å². The van der Waals surface area contributed by atoms with Crippen molar-refractivity contribution in [2.75, 3.05) is 0 Å². The third-order valence-corrected chi connectivity index (χ3v) is 1.78. The summed E-state index contributed by atoms with van der Waals surface area (Å²) in [5.41, 5.74) is 8.44. The number of rotatable bonds is 4. The van der Waals surface area contributed by atoms with Gasteiger partial charge in [-0.3, -0.25) is 9.59 Å². The van der Waals surface area contributed by atoms with E-state index in [2.05, 4.69) is 4.79 Å². The van der Waals surface area contributed by atoms with E-state index in [9.17, 15) is 14.0 Å². The van der Waals surface area contributed by atoms with Crippen molar-refractivity contribution in [3.8, 4) is 0 Å². The van der Waals surface area contributed by atoms with E-state index in [0.717, 1.165) is 24.3 Å². The summed E-state index contributed by atoms with van der Waals surface area (Å²) < 4.78 is 12.6. The summed E-state index contributed by atoms with van der Waals surface area (Å²) >= 11 is 0. The molecule has 80 valence electrons. The third kappa shape index (κ3) is 2.80. The summed E-state index contributed by atoms with van der Waals surface area (Å²) in [6.45, 7) is 0. The van der Waals surface area contributed by atoms with E-state index in [4.69, 9.17) is 5.53 Å². The van der Waals surface area contributed by atoms with Gasteiger partial charge in [-0.1, -0.05) is 0 Å². The number of aldehydes is 1. The molecule has 0 saturated carbocycles. The van der Waals surface area contributed by atoms with Gasteiger partial charge in [0.15, 0.2) is 0 Å². The van der Waals surface area contributed by atoms with Crippen molar-refractivity contribution in [1.29, 1.82) is 0 Å². The van der Waals surface area contributed by atoms with E-state index < -0.39 is 11.6 Å². The minimum absolute atomic E-state index is 0.171. The van der Waals surface area contributed by atoms with Gasteiger partial charge in [0.2, 0.25) is 0 Å². The maximum absolute atomic E-state index is 12.6. The molecule has 4 nitrogen and oxygen atoms in total. The predicted octanol–water partition coefficient (Wildman–Crippen LogP) is 1.43. The Morgan fingerprint density at radius 2 is 1.94 bits per heavy atom. The summed E-state index contributed by atoms with van der Waals surface area (Å²) in [6.07, 6.45) is 2.54. The molecule has 16 heavy (non-hydrogen) atoms. The van der Waals surface area contributed by atoms with Gasteiger partial charge in [-0.15, -0.1) is 0 Å². The van der Waals surface area contributed by atoms with Crippen LogP contribution in [0.1, 0.15) is 10.4 Å². The zero-order chi connectivity index (χ0) is 12.0. The summed E-state index contributed by atoms with van der Waals surface area (Å²) in [7, 11) is 0. The summed E-state index contributed by atoms with van der Waals surface area (Å²) in [5.74, 6) is -1.07. The molecule has 0 fully saturated rings. The molecule has 0 N–H and O–H groups in total. The molecule has 0 aliphatic heterocycles. The molecule has 0 unspecified atom stereocenters. The molecule has 1 aromatic carbocycles. The first-order chi connectivity index (χ1) is 7.69. The minimum atomic E-state index is -0.597. The SMILES string of the molecule is [N-]=[N+]=C(/C=C/C=O)C(=O)c1ccc(F)cc1. The molecule has 5 heteroatoms. The number of hydrogen-bond acceptors (Lipinski definition) is 2. The van der Waals surface area contributed by atoms with Gasteiger partial charge < -0.3 is 5.53 Å². The second-order valence-corrected chi connectivity index (χ2v) is 2.82. The maximum atomic E-state index is 12.6. The van der Waals surface area contributed by atoms with Crippen LogP contribution in [0.25, 0.3) is 5.53 Å². The predicted molar refractivity (Wildman–Crippen MR) is 54.6 cm³/mol. The molecule has 0 radical (unpaired) electrons. The Hall–Kier alpha value is -2.39. The Labute approximate surface area is 90.6 Å². The van der Waals surface area contributed by atoms with Crippen molar-refractivity contribution in [2.24, 2.45) is 0 Å². The van der Waals surface area contributed by atoms with Crippen molar-refractivity contribution in [3.05, 3.63) is 53.3 Å². The van der Waals surface area contributed by atoms with E-state index in [-0.39, 0.29) is 11.3 Å². The second kappa shape index (κ2) is 5.48. The van der Waals surface area contributed by atoms with Gasteiger partial charge in [-0.05, 0) is 30.3 Å². The first-order valence-corrected chi connectivity index (χ1v) is 4.33. The van der Waals surface area contributed by atoms with Crippen molar-refractivity contribution in [1.82, 2.24) is 0 Å². The van der Waals surface area contributed by atoms with Crippen LogP contribution >= 0.6 is 0 Å². The van der Waals surface area contributed by atoms with Gasteiger partial charge in [-0.25, -0.2) is 4.39 Å². The molecule has 0 saturated heterocycles. The smallest absolute Gasteiger partial charge is 0.361 e. The highest BCUT2D eigenvalue weighted by atomic mass is 19.1. The van der Waals surface area contributed by atoms with Crippen LogP contribution in [0.2, 0.25) is 0 Å². The molecule has 0 atom stereocenters. The molecular formula is C11H7FN2O2. The van der Waals surface area contributed by atoms with Crippen LogP contribution in [0.15, 0.2) is 36.4 Å². The van der Waals surface area contributed by atoms with Gasteiger partial charge in [0.25, 0.3) is 5.78 Å². The lowest BCUT2D eigenvalue weighted by Crippen LogP contribution is -2.12. The molecular weight excluding hydrogens is 211 g/mol. The Bertz CT molecular complexity index is 485. The highest BCUT2D eigenvalue weighted by molar-refractivity contribution is 6.47. The third-order valence-electron chi connectivity index (χ3n) is 1.78. The van der Waals surface area contributed by atoms with E-state index in [0.29, 0.717) is 6.29 Å².